The van der Waals surface area contributed by atoms with Crippen LogP contribution in [-0.2, 0) is 47.6 Å². The van der Waals surface area contributed by atoms with Gasteiger partial charge in [0.25, 0.3) is 0 Å². The van der Waals surface area contributed by atoms with E-state index in [1.807, 2.05) is 6.92 Å². The smallest absolute Gasteiger partial charge is 0.408 e. The van der Waals surface area contributed by atoms with E-state index >= 15 is 4.79 Å². The molecule has 3 fully saturated rings. The third-order valence-corrected chi connectivity index (χ3v) is 13.0. The third-order valence-electron chi connectivity index (χ3n) is 13.0. The number of carbonyl (C=O) groups excluding carboxylic acids is 6. The second-order valence-electron chi connectivity index (χ2n) is 18.4. The molecule has 1 amide bonds. The van der Waals surface area contributed by atoms with Crippen LogP contribution in [0.3, 0.4) is 0 Å². The highest BCUT2D eigenvalue weighted by atomic mass is 16.6. The number of carbonyl (C=O) groups is 6. The third kappa shape index (κ3) is 8.58. The number of ether oxygens (including phenoxy) is 6. The first-order valence-corrected chi connectivity index (χ1v) is 20.5. The number of fused-ring (bicyclic) bond motifs is 2. The summed E-state index contributed by atoms with van der Waals surface area (Å²) in [6.45, 7) is 14.1. The lowest BCUT2D eigenvalue weighted by atomic mass is 9.59. The van der Waals surface area contributed by atoms with E-state index < -0.39 is 88.2 Å². The highest BCUT2D eigenvalue weighted by Gasteiger charge is 2.77. The van der Waals surface area contributed by atoms with Crippen LogP contribution in [0.1, 0.15) is 110 Å². The van der Waals surface area contributed by atoms with Gasteiger partial charge in [-0.2, -0.15) is 0 Å². The molecule has 3 unspecified atom stereocenters. The average molecular weight is 832 g/mol. The molecule has 60 heavy (non-hydrogen) atoms. The summed E-state index contributed by atoms with van der Waals surface area (Å²) in [5, 5.41) is 15.5. The van der Waals surface area contributed by atoms with Gasteiger partial charge in [-0.25, -0.2) is 9.59 Å². The van der Waals surface area contributed by atoms with Gasteiger partial charge < -0.3 is 38.8 Å². The number of aliphatic hydroxyl groups is 1. The van der Waals surface area contributed by atoms with Crippen LogP contribution in [0.15, 0.2) is 71.8 Å². The molecule has 4 aliphatic rings. The first kappa shape index (κ1) is 44.5. The molecule has 2 saturated carbocycles. The van der Waals surface area contributed by atoms with Crippen LogP contribution < -0.4 is 5.32 Å². The van der Waals surface area contributed by atoms with Crippen LogP contribution in [0.25, 0.3) is 0 Å². The summed E-state index contributed by atoms with van der Waals surface area (Å²) in [6.07, 6.45) is -3.91. The van der Waals surface area contributed by atoms with E-state index in [-0.39, 0.29) is 54.9 Å². The van der Waals surface area contributed by atoms with Crippen LogP contribution in [0.4, 0.5) is 4.79 Å². The monoisotopic (exact) mass is 831 g/mol. The van der Waals surface area contributed by atoms with Crippen molar-refractivity contribution in [1.29, 1.82) is 0 Å². The highest BCUT2D eigenvalue weighted by molar-refractivity contribution is 5.97. The van der Waals surface area contributed by atoms with Gasteiger partial charge in [-0.1, -0.05) is 69.3 Å². The Hall–Kier alpha value is -5.08. The number of Topliss-reactive ketones (excluding diaryl/α,β-unsaturated/α-hetero) is 1. The second-order valence-corrected chi connectivity index (χ2v) is 18.4. The van der Waals surface area contributed by atoms with E-state index in [0.717, 1.165) is 0 Å². The Morgan fingerprint density at radius 1 is 0.950 bits per heavy atom. The van der Waals surface area contributed by atoms with Gasteiger partial charge in [0.05, 0.1) is 24.6 Å². The quantitative estimate of drug-likeness (QED) is 0.133. The summed E-state index contributed by atoms with van der Waals surface area (Å²) >= 11 is 0. The zero-order valence-electron chi connectivity index (χ0n) is 35.8. The Bertz CT molecular complexity index is 2040. The fourth-order valence-corrected chi connectivity index (χ4v) is 9.70. The minimum Gasteiger partial charge on any atom is -0.459 e. The summed E-state index contributed by atoms with van der Waals surface area (Å²) in [5.74, 6) is -3.54. The SMILES string of the molecule is CC(=O)O[C@@H](C(=O)C12C[C@]3(OC(C)=O)CO[C@@H]3CC1[C@@H]2C)C1=C(C)[C@@H](OC(=O)C[C@@H](NC(=O)OC(C)(C)C)c2ccccc2)CC(O)(COC(=O)c2ccccc2)C1(C)C. The topological polar surface area (TPSA) is 190 Å². The predicted molar refractivity (Wildman–Crippen MR) is 215 cm³/mol. The van der Waals surface area contributed by atoms with E-state index in [1.165, 1.54) is 13.8 Å². The van der Waals surface area contributed by atoms with E-state index in [9.17, 15) is 29.1 Å². The maximum Gasteiger partial charge on any atom is 0.408 e. The molecule has 324 valence electrons. The highest BCUT2D eigenvalue weighted by Crippen LogP contribution is 2.71. The summed E-state index contributed by atoms with van der Waals surface area (Å²) in [7, 11) is 0. The standard InChI is InChI=1S/C46H57NO13/c1-26-34(58-36(50)21-33(30-16-12-10-13-17-30)47-41(53)60-42(5,6)7)22-45(54,25-56-40(52)31-18-14-11-15-19-31)43(8,9)37(26)38(57-28(3)48)39(51)46-23-44(59-29(4)49)24-55-35(44)20-32(46)27(46)2/h10-19,27,32-35,38,54H,20-25H2,1-9H3,(H,47,53)/t27-,32?,33+,34-,35+,38+,44-,45?,46?/m0/s1. The molecular weight excluding hydrogens is 774 g/mol. The van der Waals surface area contributed by atoms with Crippen LogP contribution in [-0.4, -0.2) is 89.2 Å². The lowest BCUT2D eigenvalue weighted by Gasteiger charge is -2.53. The number of amides is 1. The van der Waals surface area contributed by atoms with Crippen molar-refractivity contribution in [3.05, 3.63) is 82.9 Å². The average Bonchev–Trinajstić information content (AvgIpc) is 3.74. The number of alkyl carbamates (subject to hydrolysis) is 1. The van der Waals surface area contributed by atoms with Crippen LogP contribution in [0, 0.1) is 22.7 Å². The van der Waals surface area contributed by atoms with E-state index in [4.69, 9.17) is 28.4 Å². The lowest BCUT2D eigenvalue weighted by Crippen LogP contribution is -2.65. The van der Waals surface area contributed by atoms with Crippen molar-refractivity contribution in [2.45, 2.75) is 129 Å². The van der Waals surface area contributed by atoms with Crippen molar-refractivity contribution >= 4 is 35.8 Å². The Balaban J connectivity index is 1.38. The van der Waals surface area contributed by atoms with Gasteiger partial charge in [-0.3, -0.25) is 19.2 Å². The first-order valence-electron chi connectivity index (χ1n) is 20.5. The number of nitrogens with one attached hydrogen (secondary N) is 1. The summed E-state index contributed by atoms with van der Waals surface area (Å²) in [4.78, 5) is 80.9. The Kier molecular flexibility index (Phi) is 12.2. The van der Waals surface area contributed by atoms with Crippen molar-refractivity contribution in [3.63, 3.8) is 0 Å². The van der Waals surface area contributed by atoms with Gasteiger partial charge in [0.15, 0.2) is 17.5 Å². The van der Waals surface area contributed by atoms with Crippen molar-refractivity contribution < 1.29 is 62.3 Å². The van der Waals surface area contributed by atoms with Crippen LogP contribution in [0.2, 0.25) is 0 Å². The molecule has 6 rings (SSSR count). The fourth-order valence-electron chi connectivity index (χ4n) is 9.70. The van der Waals surface area contributed by atoms with Gasteiger partial charge in [-0.05, 0) is 74.8 Å². The molecule has 0 spiro atoms. The first-order chi connectivity index (χ1) is 28.0. The summed E-state index contributed by atoms with van der Waals surface area (Å²) < 4.78 is 35.1. The van der Waals surface area contributed by atoms with Gasteiger partial charge in [-0.15, -0.1) is 0 Å². The summed E-state index contributed by atoms with van der Waals surface area (Å²) in [6, 6.07) is 16.2. The molecule has 9 atom stereocenters. The van der Waals surface area contributed by atoms with Crippen molar-refractivity contribution in [2.24, 2.45) is 22.7 Å². The molecule has 1 aliphatic heterocycles. The van der Waals surface area contributed by atoms with E-state index in [0.29, 0.717) is 17.6 Å². The molecule has 14 nitrogen and oxygen atoms in total. The molecule has 0 bridgehead atoms. The molecule has 0 radical (unpaired) electrons. The summed E-state index contributed by atoms with van der Waals surface area (Å²) in [5.41, 5.74) is -4.94. The zero-order valence-corrected chi connectivity index (χ0v) is 35.8. The van der Waals surface area contributed by atoms with Gasteiger partial charge in [0.1, 0.15) is 30.0 Å². The minimum atomic E-state index is -1.99. The molecule has 1 saturated heterocycles. The number of rotatable bonds is 13. The molecule has 1 heterocycles. The second kappa shape index (κ2) is 16.4. The lowest BCUT2D eigenvalue weighted by molar-refractivity contribution is -0.271. The number of esters is 4. The normalized spacial score (nSPS) is 29.8. The Morgan fingerprint density at radius 3 is 2.15 bits per heavy atom. The van der Waals surface area contributed by atoms with Gasteiger partial charge >= 0.3 is 30.0 Å². The van der Waals surface area contributed by atoms with Gasteiger partial charge in [0.2, 0.25) is 0 Å². The molecular formula is C46H57NO13. The molecule has 2 aromatic carbocycles. The van der Waals surface area contributed by atoms with Crippen LogP contribution >= 0.6 is 0 Å². The fraction of sp³-hybridized carbons (Fsp3) is 0.565. The predicted octanol–water partition coefficient (Wildman–Crippen LogP) is 6.14. The maximum atomic E-state index is 15.3. The minimum absolute atomic E-state index is 0.120. The van der Waals surface area contributed by atoms with E-state index in [1.54, 1.807) is 102 Å². The van der Waals surface area contributed by atoms with Crippen LogP contribution in [0.5, 0.6) is 0 Å². The molecule has 2 aromatic rings. The number of ketones is 1. The van der Waals surface area contributed by atoms with Crippen molar-refractivity contribution in [1.82, 2.24) is 5.32 Å². The van der Waals surface area contributed by atoms with Crippen molar-refractivity contribution in [2.75, 3.05) is 13.2 Å². The largest absolute Gasteiger partial charge is 0.459 e. The number of benzene rings is 2. The molecule has 3 aliphatic carbocycles. The number of hydrogen-bond acceptors (Lipinski definition) is 13. The zero-order chi connectivity index (χ0) is 44.0. The van der Waals surface area contributed by atoms with Crippen molar-refractivity contribution in [3.8, 4) is 0 Å². The maximum absolute atomic E-state index is 15.3. The van der Waals surface area contributed by atoms with Gasteiger partial charge in [0, 0.05) is 37.5 Å². The molecule has 0 aromatic heterocycles. The number of hydrogen-bond donors (Lipinski definition) is 2. The Labute approximate surface area is 350 Å². The molecule has 14 heteroatoms. The molecule has 2 N–H and O–H groups in total. The Morgan fingerprint density at radius 2 is 1.58 bits per heavy atom. The van der Waals surface area contributed by atoms with E-state index in [2.05, 4.69) is 5.32 Å².